The van der Waals surface area contributed by atoms with Crippen LogP contribution in [0.15, 0.2) is 48.5 Å². The summed E-state index contributed by atoms with van der Waals surface area (Å²) < 4.78 is 5.65. The maximum absolute atomic E-state index is 12.4. The van der Waals surface area contributed by atoms with Crippen LogP contribution in [0.2, 0.25) is 5.02 Å². The number of nitro benzene ring substituents is 1. The molecule has 0 aliphatic carbocycles. The minimum absolute atomic E-state index is 0.121. The van der Waals surface area contributed by atoms with E-state index in [9.17, 15) is 14.9 Å². The molecule has 0 saturated carbocycles. The van der Waals surface area contributed by atoms with Crippen LogP contribution in [0.3, 0.4) is 0 Å². The van der Waals surface area contributed by atoms with Crippen LogP contribution >= 0.6 is 11.6 Å². The molecule has 2 aromatic carbocycles. The van der Waals surface area contributed by atoms with Crippen LogP contribution in [0.5, 0.6) is 5.75 Å². The molecule has 0 spiro atoms. The summed E-state index contributed by atoms with van der Waals surface area (Å²) >= 11 is 5.80. The van der Waals surface area contributed by atoms with Gasteiger partial charge in [-0.2, -0.15) is 0 Å². The Morgan fingerprint density at radius 3 is 2.39 bits per heavy atom. The molecular formula is C16H15ClN2O4. The van der Waals surface area contributed by atoms with Crippen molar-refractivity contribution in [3.8, 4) is 5.75 Å². The molecule has 1 N–H and O–H groups in total. The topological polar surface area (TPSA) is 81.5 Å². The van der Waals surface area contributed by atoms with E-state index < -0.39 is 16.4 Å². The highest BCUT2D eigenvalue weighted by atomic mass is 35.5. The Kier molecular flexibility index (Phi) is 4.86. The molecule has 0 atom stereocenters. The van der Waals surface area contributed by atoms with Gasteiger partial charge >= 0.3 is 0 Å². The number of nitrogens with one attached hydrogen (secondary N) is 1. The number of rotatable bonds is 5. The fourth-order valence-corrected chi connectivity index (χ4v) is 1.98. The smallest absolute Gasteiger partial charge is 0.292 e. The highest BCUT2D eigenvalue weighted by molar-refractivity contribution is 6.30. The Morgan fingerprint density at radius 1 is 1.17 bits per heavy atom. The third kappa shape index (κ3) is 4.20. The van der Waals surface area contributed by atoms with Crippen LogP contribution in [0.1, 0.15) is 13.8 Å². The summed E-state index contributed by atoms with van der Waals surface area (Å²) in [6.07, 6.45) is 0. The maximum Gasteiger partial charge on any atom is 0.292 e. The second-order valence-electron chi connectivity index (χ2n) is 5.29. The van der Waals surface area contributed by atoms with Gasteiger partial charge in [0, 0.05) is 11.1 Å². The Bertz CT molecular complexity index is 729. The molecule has 0 heterocycles. The summed E-state index contributed by atoms with van der Waals surface area (Å²) in [5, 5.41) is 14.1. The number of ether oxygens (including phenoxy) is 1. The largest absolute Gasteiger partial charge is 0.478 e. The highest BCUT2D eigenvalue weighted by Crippen LogP contribution is 2.26. The number of carbonyl (C=O) groups is 1. The van der Waals surface area contributed by atoms with Crippen molar-refractivity contribution in [3.63, 3.8) is 0 Å². The monoisotopic (exact) mass is 334 g/mol. The van der Waals surface area contributed by atoms with Gasteiger partial charge in [0.1, 0.15) is 11.4 Å². The van der Waals surface area contributed by atoms with Gasteiger partial charge in [-0.05, 0) is 44.2 Å². The first-order valence-electron chi connectivity index (χ1n) is 6.79. The zero-order chi connectivity index (χ0) is 17.0. The van der Waals surface area contributed by atoms with Gasteiger partial charge < -0.3 is 10.1 Å². The van der Waals surface area contributed by atoms with E-state index in [1.165, 1.54) is 18.2 Å². The van der Waals surface area contributed by atoms with Gasteiger partial charge in [-0.15, -0.1) is 0 Å². The van der Waals surface area contributed by atoms with Crippen LogP contribution in [0, 0.1) is 10.1 Å². The number of halogens is 1. The number of hydrogen-bond donors (Lipinski definition) is 1. The third-order valence-electron chi connectivity index (χ3n) is 3.08. The number of anilines is 1. The minimum Gasteiger partial charge on any atom is -0.478 e. The summed E-state index contributed by atoms with van der Waals surface area (Å²) in [6, 6.07) is 12.5. The number of para-hydroxylation sites is 2. The van der Waals surface area contributed by atoms with Gasteiger partial charge in [0.25, 0.3) is 11.6 Å². The van der Waals surface area contributed by atoms with E-state index in [0.717, 1.165) is 0 Å². The van der Waals surface area contributed by atoms with Crippen molar-refractivity contribution >= 4 is 28.9 Å². The van der Waals surface area contributed by atoms with Crippen molar-refractivity contribution in [1.82, 2.24) is 0 Å². The number of benzene rings is 2. The molecule has 120 valence electrons. The molecular weight excluding hydrogens is 320 g/mol. The zero-order valence-electron chi connectivity index (χ0n) is 12.6. The summed E-state index contributed by atoms with van der Waals surface area (Å²) in [4.78, 5) is 22.8. The molecule has 0 aliphatic rings. The standard InChI is InChI=1S/C16H15ClN2O4/c1-16(2,23-12-9-7-11(17)8-10-12)15(20)18-13-5-3-4-6-14(13)19(21)22/h3-10H,1-2H3,(H,18,20). The van der Waals surface area contributed by atoms with E-state index in [2.05, 4.69) is 5.32 Å². The molecule has 23 heavy (non-hydrogen) atoms. The molecule has 2 rings (SSSR count). The Morgan fingerprint density at radius 2 is 1.78 bits per heavy atom. The second kappa shape index (κ2) is 6.66. The van der Waals surface area contributed by atoms with Crippen molar-refractivity contribution in [1.29, 1.82) is 0 Å². The van der Waals surface area contributed by atoms with Crippen molar-refractivity contribution in [3.05, 3.63) is 63.7 Å². The summed E-state index contributed by atoms with van der Waals surface area (Å²) in [7, 11) is 0. The fourth-order valence-electron chi connectivity index (χ4n) is 1.85. The zero-order valence-corrected chi connectivity index (χ0v) is 13.3. The molecule has 0 radical (unpaired) electrons. The first kappa shape index (κ1) is 16.8. The summed E-state index contributed by atoms with van der Waals surface area (Å²) in [6.45, 7) is 3.15. The second-order valence-corrected chi connectivity index (χ2v) is 5.73. The Labute approximate surface area is 138 Å². The lowest BCUT2D eigenvalue weighted by Crippen LogP contribution is -2.42. The van der Waals surface area contributed by atoms with Crippen LogP contribution in [-0.2, 0) is 4.79 Å². The van der Waals surface area contributed by atoms with Gasteiger partial charge in [0.05, 0.1) is 4.92 Å². The Hall–Kier alpha value is -2.60. The minimum atomic E-state index is -1.22. The quantitative estimate of drug-likeness (QED) is 0.660. The summed E-state index contributed by atoms with van der Waals surface area (Å²) in [5.74, 6) is -0.0288. The van der Waals surface area contributed by atoms with Crippen LogP contribution < -0.4 is 10.1 Å². The lowest BCUT2D eigenvalue weighted by molar-refractivity contribution is -0.383. The molecule has 0 aliphatic heterocycles. The molecule has 6 nitrogen and oxygen atoms in total. The van der Waals surface area contributed by atoms with Gasteiger partial charge in [-0.25, -0.2) is 0 Å². The highest BCUT2D eigenvalue weighted by Gasteiger charge is 2.31. The van der Waals surface area contributed by atoms with E-state index in [4.69, 9.17) is 16.3 Å². The van der Waals surface area contributed by atoms with Crippen LogP contribution in [-0.4, -0.2) is 16.4 Å². The van der Waals surface area contributed by atoms with Crippen LogP contribution in [0.25, 0.3) is 0 Å². The summed E-state index contributed by atoms with van der Waals surface area (Å²) in [5.41, 5.74) is -1.28. The predicted molar refractivity (Wildman–Crippen MR) is 87.9 cm³/mol. The van der Waals surface area contributed by atoms with E-state index in [0.29, 0.717) is 10.8 Å². The molecule has 0 saturated heterocycles. The van der Waals surface area contributed by atoms with E-state index in [1.54, 1.807) is 44.2 Å². The molecule has 0 unspecified atom stereocenters. The molecule has 2 aromatic rings. The maximum atomic E-state index is 12.4. The van der Waals surface area contributed by atoms with E-state index in [1.807, 2.05) is 0 Å². The predicted octanol–water partition coefficient (Wildman–Crippen LogP) is 4.04. The third-order valence-corrected chi connectivity index (χ3v) is 3.33. The molecule has 0 fully saturated rings. The van der Waals surface area contributed by atoms with Crippen molar-refractivity contribution < 1.29 is 14.5 Å². The number of amides is 1. The number of hydrogen-bond acceptors (Lipinski definition) is 4. The average Bonchev–Trinajstić information content (AvgIpc) is 2.49. The SMILES string of the molecule is CC(C)(Oc1ccc(Cl)cc1)C(=O)Nc1ccccc1[N+](=O)[O-]. The first-order chi connectivity index (χ1) is 10.8. The van der Waals surface area contributed by atoms with Gasteiger partial charge in [-0.1, -0.05) is 23.7 Å². The fraction of sp³-hybridized carbons (Fsp3) is 0.188. The molecule has 0 bridgehead atoms. The normalized spacial score (nSPS) is 10.9. The van der Waals surface area contributed by atoms with E-state index in [-0.39, 0.29) is 11.4 Å². The number of nitro groups is 1. The van der Waals surface area contributed by atoms with Gasteiger partial charge in [0.2, 0.25) is 0 Å². The van der Waals surface area contributed by atoms with Gasteiger partial charge in [0.15, 0.2) is 5.60 Å². The van der Waals surface area contributed by atoms with Crippen molar-refractivity contribution in [2.24, 2.45) is 0 Å². The molecule has 1 amide bonds. The Balaban J connectivity index is 2.15. The number of carbonyl (C=O) groups excluding carboxylic acids is 1. The number of nitrogens with zero attached hydrogens (tertiary/aromatic N) is 1. The van der Waals surface area contributed by atoms with Crippen LogP contribution in [0.4, 0.5) is 11.4 Å². The molecule has 0 aromatic heterocycles. The average molecular weight is 335 g/mol. The van der Waals surface area contributed by atoms with E-state index >= 15 is 0 Å². The van der Waals surface area contributed by atoms with Crippen molar-refractivity contribution in [2.45, 2.75) is 19.4 Å². The van der Waals surface area contributed by atoms with Crippen molar-refractivity contribution in [2.75, 3.05) is 5.32 Å². The van der Waals surface area contributed by atoms with Gasteiger partial charge in [-0.3, -0.25) is 14.9 Å². The lowest BCUT2D eigenvalue weighted by atomic mass is 10.1. The lowest BCUT2D eigenvalue weighted by Gasteiger charge is -2.25. The first-order valence-corrected chi connectivity index (χ1v) is 7.17. The molecule has 7 heteroatoms.